The van der Waals surface area contributed by atoms with Gasteiger partial charge >= 0.3 is 0 Å². The van der Waals surface area contributed by atoms with Crippen molar-refractivity contribution >= 4 is 9.84 Å². The van der Waals surface area contributed by atoms with Crippen LogP contribution in [0.3, 0.4) is 0 Å². The lowest BCUT2D eigenvalue weighted by Crippen LogP contribution is -2.15. The molecule has 1 N–H and O–H groups in total. The van der Waals surface area contributed by atoms with E-state index in [1.54, 1.807) is 13.8 Å². The highest BCUT2D eigenvalue weighted by Crippen LogP contribution is 2.19. The van der Waals surface area contributed by atoms with Crippen LogP contribution >= 0.6 is 0 Å². The first-order valence-corrected chi connectivity index (χ1v) is 7.24. The highest BCUT2D eigenvalue weighted by atomic mass is 32.2. The van der Waals surface area contributed by atoms with Gasteiger partial charge in [-0.05, 0) is 31.4 Å². The quantitative estimate of drug-likeness (QED) is 0.870. The summed E-state index contributed by atoms with van der Waals surface area (Å²) in [6.07, 6.45) is 1.75. The molecule has 0 bridgehead atoms. The summed E-state index contributed by atoms with van der Waals surface area (Å²) in [6, 6.07) is 7.38. The van der Waals surface area contributed by atoms with Crippen LogP contribution in [0.2, 0.25) is 0 Å². The molecule has 0 radical (unpaired) electrons. The summed E-state index contributed by atoms with van der Waals surface area (Å²) in [7, 11) is -2.91. The summed E-state index contributed by atoms with van der Waals surface area (Å²) in [6.45, 7) is 3.44. The molecule has 1 aromatic rings. The van der Waals surface area contributed by atoms with Gasteiger partial charge < -0.3 is 5.11 Å². The molecule has 16 heavy (non-hydrogen) atoms. The first-order valence-electron chi connectivity index (χ1n) is 5.18. The van der Waals surface area contributed by atoms with Crippen molar-refractivity contribution in [2.75, 3.05) is 12.0 Å². The third-order valence-electron chi connectivity index (χ3n) is 2.42. The molecule has 1 rings (SSSR count). The second-order valence-electron chi connectivity index (χ2n) is 4.64. The number of rotatable bonds is 4. The molecule has 0 amide bonds. The predicted octanol–water partition coefficient (Wildman–Crippen LogP) is 1.50. The van der Waals surface area contributed by atoms with Crippen molar-refractivity contribution < 1.29 is 13.5 Å². The molecular weight excluding hydrogens is 224 g/mol. The van der Waals surface area contributed by atoms with E-state index in [-0.39, 0.29) is 5.75 Å². The lowest BCUT2D eigenvalue weighted by molar-refractivity contribution is 0.0786. The number of hydrogen-bond donors (Lipinski definition) is 1. The van der Waals surface area contributed by atoms with Gasteiger partial charge in [0, 0.05) is 6.26 Å². The molecule has 0 heterocycles. The van der Waals surface area contributed by atoms with Crippen LogP contribution in [0.4, 0.5) is 0 Å². The summed E-state index contributed by atoms with van der Waals surface area (Å²) in [4.78, 5) is 0. The van der Waals surface area contributed by atoms with Crippen molar-refractivity contribution in [1.29, 1.82) is 0 Å². The van der Waals surface area contributed by atoms with E-state index in [1.807, 2.05) is 24.3 Å². The van der Waals surface area contributed by atoms with E-state index in [0.717, 1.165) is 11.1 Å². The Morgan fingerprint density at radius 2 is 1.69 bits per heavy atom. The average Bonchev–Trinajstić information content (AvgIpc) is 2.13. The second-order valence-corrected chi connectivity index (χ2v) is 6.90. The topological polar surface area (TPSA) is 54.4 Å². The number of hydrogen-bond acceptors (Lipinski definition) is 3. The van der Waals surface area contributed by atoms with Crippen molar-refractivity contribution in [2.45, 2.75) is 25.9 Å². The third kappa shape index (κ3) is 4.33. The van der Waals surface area contributed by atoms with Gasteiger partial charge in [-0.15, -0.1) is 0 Å². The van der Waals surface area contributed by atoms with E-state index in [0.29, 0.717) is 6.42 Å². The van der Waals surface area contributed by atoms with E-state index >= 15 is 0 Å². The summed E-state index contributed by atoms with van der Waals surface area (Å²) in [5.41, 5.74) is 0.948. The molecule has 90 valence electrons. The molecule has 3 nitrogen and oxygen atoms in total. The summed E-state index contributed by atoms with van der Waals surface area (Å²) in [5.74, 6) is 0.162. The summed E-state index contributed by atoms with van der Waals surface area (Å²) >= 11 is 0. The SMILES string of the molecule is CC(C)(O)c1ccc(CCS(C)(=O)=O)cc1. The van der Waals surface area contributed by atoms with E-state index in [9.17, 15) is 13.5 Å². The maximum Gasteiger partial charge on any atom is 0.147 e. The number of aliphatic hydroxyl groups is 1. The van der Waals surface area contributed by atoms with Crippen LogP contribution in [0.25, 0.3) is 0 Å². The largest absolute Gasteiger partial charge is 0.386 e. The molecule has 0 fully saturated rings. The molecule has 0 aliphatic carbocycles. The molecule has 0 aliphatic heterocycles. The van der Waals surface area contributed by atoms with Gasteiger partial charge in [0.15, 0.2) is 0 Å². The van der Waals surface area contributed by atoms with Gasteiger partial charge in [-0.25, -0.2) is 8.42 Å². The molecule has 0 saturated carbocycles. The normalized spacial score (nSPS) is 12.8. The zero-order chi connectivity index (χ0) is 12.4. The van der Waals surface area contributed by atoms with Gasteiger partial charge in [0.25, 0.3) is 0 Å². The molecule has 0 spiro atoms. The highest BCUT2D eigenvalue weighted by Gasteiger charge is 2.15. The lowest BCUT2D eigenvalue weighted by Gasteiger charge is -2.17. The Labute approximate surface area is 97.0 Å². The van der Waals surface area contributed by atoms with Crippen molar-refractivity contribution in [3.63, 3.8) is 0 Å². The maximum atomic E-state index is 11.0. The fraction of sp³-hybridized carbons (Fsp3) is 0.500. The van der Waals surface area contributed by atoms with Crippen LogP contribution in [0.5, 0.6) is 0 Å². The standard InChI is InChI=1S/C12H18O3S/c1-12(2,13)11-6-4-10(5-7-11)8-9-16(3,14)15/h4-7,13H,8-9H2,1-3H3. The Hall–Kier alpha value is -0.870. The van der Waals surface area contributed by atoms with Crippen molar-refractivity contribution in [3.05, 3.63) is 35.4 Å². The average molecular weight is 242 g/mol. The molecule has 1 aromatic carbocycles. The van der Waals surface area contributed by atoms with E-state index in [2.05, 4.69) is 0 Å². The Kier molecular flexibility index (Phi) is 3.76. The molecule has 0 aromatic heterocycles. The Morgan fingerprint density at radius 1 is 1.19 bits per heavy atom. The van der Waals surface area contributed by atoms with Crippen LogP contribution in [0.15, 0.2) is 24.3 Å². The van der Waals surface area contributed by atoms with E-state index in [4.69, 9.17) is 0 Å². The zero-order valence-electron chi connectivity index (χ0n) is 9.90. The zero-order valence-corrected chi connectivity index (χ0v) is 10.7. The Balaban J connectivity index is 2.73. The maximum absolute atomic E-state index is 11.0. The van der Waals surface area contributed by atoms with E-state index in [1.165, 1.54) is 6.26 Å². The molecule has 0 atom stereocenters. The smallest absolute Gasteiger partial charge is 0.147 e. The minimum atomic E-state index is -2.91. The molecule has 0 saturated heterocycles. The highest BCUT2D eigenvalue weighted by molar-refractivity contribution is 7.90. The van der Waals surface area contributed by atoms with Gasteiger partial charge in [0.2, 0.25) is 0 Å². The monoisotopic (exact) mass is 242 g/mol. The van der Waals surface area contributed by atoms with Crippen LogP contribution in [0.1, 0.15) is 25.0 Å². The number of sulfone groups is 1. The number of benzene rings is 1. The van der Waals surface area contributed by atoms with Crippen molar-refractivity contribution in [2.24, 2.45) is 0 Å². The summed E-state index contributed by atoms with van der Waals surface area (Å²) < 4.78 is 22.0. The van der Waals surface area contributed by atoms with Crippen LogP contribution in [-0.2, 0) is 21.9 Å². The van der Waals surface area contributed by atoms with Gasteiger partial charge in [-0.1, -0.05) is 24.3 Å². The van der Waals surface area contributed by atoms with Crippen LogP contribution < -0.4 is 0 Å². The summed E-state index contributed by atoms with van der Waals surface area (Å²) in [5, 5.41) is 9.74. The predicted molar refractivity (Wildman–Crippen MR) is 65.1 cm³/mol. The minimum Gasteiger partial charge on any atom is -0.386 e. The first kappa shape index (κ1) is 13.2. The van der Waals surface area contributed by atoms with Gasteiger partial charge in [-0.2, -0.15) is 0 Å². The molecule has 4 heteroatoms. The first-order chi connectivity index (χ1) is 7.18. The van der Waals surface area contributed by atoms with Gasteiger partial charge in [0.1, 0.15) is 9.84 Å². The van der Waals surface area contributed by atoms with E-state index < -0.39 is 15.4 Å². The van der Waals surface area contributed by atoms with Gasteiger partial charge in [-0.3, -0.25) is 0 Å². The fourth-order valence-corrected chi connectivity index (χ4v) is 1.99. The minimum absolute atomic E-state index is 0.162. The van der Waals surface area contributed by atoms with Crippen LogP contribution in [0, 0.1) is 0 Å². The fourth-order valence-electron chi connectivity index (χ4n) is 1.38. The molecule has 0 aliphatic rings. The van der Waals surface area contributed by atoms with Gasteiger partial charge in [0.05, 0.1) is 11.4 Å². The molecule has 0 unspecified atom stereocenters. The second kappa shape index (κ2) is 4.55. The molecular formula is C12H18O3S. The number of aryl methyl sites for hydroxylation is 1. The van der Waals surface area contributed by atoms with Crippen LogP contribution in [-0.4, -0.2) is 25.5 Å². The lowest BCUT2D eigenvalue weighted by atomic mass is 9.97. The Bertz CT molecular complexity index is 438. The van der Waals surface area contributed by atoms with Crippen molar-refractivity contribution in [1.82, 2.24) is 0 Å². The third-order valence-corrected chi connectivity index (χ3v) is 3.37. The Morgan fingerprint density at radius 3 is 2.06 bits per heavy atom. The van der Waals surface area contributed by atoms with Crippen molar-refractivity contribution in [3.8, 4) is 0 Å².